The number of hydrogen-bond donors (Lipinski definition) is 3. The van der Waals surface area contributed by atoms with E-state index < -0.39 is 0 Å². The summed E-state index contributed by atoms with van der Waals surface area (Å²) in [6.07, 6.45) is 8.00. The van der Waals surface area contributed by atoms with E-state index in [9.17, 15) is 5.11 Å². The Bertz CT molecular complexity index is 649. The first kappa shape index (κ1) is 18.1. The molecule has 5 fully saturated rings. The van der Waals surface area contributed by atoms with Gasteiger partial charge in [0.25, 0.3) is 0 Å². The maximum Gasteiger partial charge on any atom is 0.0657 e. The molecule has 5 aliphatic rings. The minimum atomic E-state index is -0.341. The Morgan fingerprint density at radius 2 is 1.85 bits per heavy atom. The van der Waals surface area contributed by atoms with Gasteiger partial charge in [-0.05, 0) is 74.8 Å². The van der Waals surface area contributed by atoms with Gasteiger partial charge in [0.15, 0.2) is 0 Å². The largest absolute Gasteiger partial charge is 0.390 e. The fourth-order valence-electron chi connectivity index (χ4n) is 7.01. The molecule has 1 aromatic carbocycles. The van der Waals surface area contributed by atoms with Gasteiger partial charge in [-0.15, -0.1) is 0 Å². The molecule has 4 bridgehead atoms. The smallest absolute Gasteiger partial charge is 0.0657 e. The molecule has 27 heavy (non-hydrogen) atoms. The molecule has 0 amide bonds. The lowest BCUT2D eigenvalue weighted by Gasteiger charge is -2.58. The van der Waals surface area contributed by atoms with Gasteiger partial charge >= 0.3 is 0 Å². The third kappa shape index (κ3) is 3.69. The van der Waals surface area contributed by atoms with Crippen molar-refractivity contribution in [1.29, 1.82) is 0 Å². The molecule has 1 saturated heterocycles. The van der Waals surface area contributed by atoms with Gasteiger partial charge in [-0.1, -0.05) is 30.3 Å². The summed E-state index contributed by atoms with van der Waals surface area (Å²) < 4.78 is 0. The second-order valence-electron chi connectivity index (χ2n) is 10.3. The third-order valence-corrected chi connectivity index (χ3v) is 7.87. The highest BCUT2D eigenvalue weighted by Crippen LogP contribution is 2.55. The summed E-state index contributed by atoms with van der Waals surface area (Å²) >= 11 is 0. The molecule has 4 saturated carbocycles. The molecular formula is C23H35N3O. The summed E-state index contributed by atoms with van der Waals surface area (Å²) in [6.45, 7) is 4.04. The van der Waals surface area contributed by atoms with Crippen molar-refractivity contribution < 1.29 is 5.11 Å². The Kier molecular flexibility index (Phi) is 4.59. The Balaban J connectivity index is 1.19. The second kappa shape index (κ2) is 6.84. The van der Waals surface area contributed by atoms with Crippen LogP contribution in [0.4, 0.5) is 0 Å². The lowest BCUT2D eigenvalue weighted by molar-refractivity contribution is -0.139. The van der Waals surface area contributed by atoms with Crippen LogP contribution in [0.3, 0.4) is 0 Å². The van der Waals surface area contributed by atoms with E-state index in [0.717, 1.165) is 57.8 Å². The number of nitrogens with one attached hydrogen (secondary N) is 1. The minimum Gasteiger partial charge on any atom is -0.390 e. The van der Waals surface area contributed by atoms with E-state index in [2.05, 4.69) is 40.5 Å². The van der Waals surface area contributed by atoms with Crippen LogP contribution < -0.4 is 11.1 Å². The molecule has 0 aromatic heterocycles. The molecule has 1 aromatic rings. The number of hydrogen-bond acceptors (Lipinski definition) is 4. The molecule has 4 N–H and O–H groups in total. The van der Waals surface area contributed by atoms with Gasteiger partial charge in [-0.2, -0.15) is 0 Å². The van der Waals surface area contributed by atoms with Crippen LogP contribution in [0.2, 0.25) is 0 Å². The van der Waals surface area contributed by atoms with E-state index in [1.54, 1.807) is 0 Å². The number of benzene rings is 1. The highest BCUT2D eigenvalue weighted by Gasteiger charge is 2.54. The molecule has 1 heterocycles. The first-order valence-corrected chi connectivity index (χ1v) is 11.0. The minimum absolute atomic E-state index is 0.126. The molecule has 4 heteroatoms. The van der Waals surface area contributed by atoms with E-state index in [4.69, 9.17) is 5.73 Å². The lowest BCUT2D eigenvalue weighted by atomic mass is 9.52. The average molecular weight is 370 g/mol. The van der Waals surface area contributed by atoms with Gasteiger partial charge in [0.05, 0.1) is 5.60 Å². The Morgan fingerprint density at radius 3 is 2.56 bits per heavy atom. The summed E-state index contributed by atoms with van der Waals surface area (Å²) in [5.41, 5.74) is 7.79. The van der Waals surface area contributed by atoms with E-state index in [-0.39, 0.29) is 11.1 Å². The Morgan fingerprint density at radius 1 is 1.11 bits per heavy atom. The number of nitrogens with zero attached hydrogens (tertiary/aromatic N) is 1. The summed E-state index contributed by atoms with van der Waals surface area (Å²) in [5.74, 6) is 2.09. The normalized spacial score (nSPS) is 43.9. The topological polar surface area (TPSA) is 61.5 Å². The molecule has 4 nitrogen and oxygen atoms in total. The molecule has 148 valence electrons. The molecule has 1 aliphatic heterocycles. The molecule has 3 unspecified atom stereocenters. The number of nitrogens with two attached hydrogens (primary N) is 1. The maximum absolute atomic E-state index is 10.8. The highest BCUT2D eigenvalue weighted by molar-refractivity contribution is 5.15. The predicted molar refractivity (Wildman–Crippen MR) is 108 cm³/mol. The number of aliphatic hydroxyl groups is 1. The van der Waals surface area contributed by atoms with Crippen molar-refractivity contribution in [2.75, 3.05) is 19.6 Å². The van der Waals surface area contributed by atoms with Gasteiger partial charge in [0, 0.05) is 31.2 Å². The number of rotatable bonds is 5. The molecule has 0 spiro atoms. The van der Waals surface area contributed by atoms with Crippen molar-refractivity contribution in [3.8, 4) is 0 Å². The van der Waals surface area contributed by atoms with Crippen LogP contribution >= 0.6 is 0 Å². The first-order chi connectivity index (χ1) is 13.0. The monoisotopic (exact) mass is 369 g/mol. The Labute approximate surface area is 163 Å². The first-order valence-electron chi connectivity index (χ1n) is 11.0. The van der Waals surface area contributed by atoms with E-state index in [1.807, 2.05) is 0 Å². The standard InChI is InChI=1S/C23H35N3O/c24-22(7-4-8-26(16-22)14-17-5-2-1-3-6-17)15-25-21-19-9-18-10-20(21)13-23(27,11-18)12-19/h1-3,5-6,18-21,25,27H,4,7-16,24H2. The van der Waals surface area contributed by atoms with Crippen molar-refractivity contribution in [3.63, 3.8) is 0 Å². The molecule has 0 radical (unpaired) electrons. The van der Waals surface area contributed by atoms with E-state index >= 15 is 0 Å². The van der Waals surface area contributed by atoms with Crippen molar-refractivity contribution in [2.45, 2.75) is 68.7 Å². The van der Waals surface area contributed by atoms with Crippen LogP contribution in [0.5, 0.6) is 0 Å². The van der Waals surface area contributed by atoms with Crippen molar-refractivity contribution >= 4 is 0 Å². The highest BCUT2D eigenvalue weighted by atomic mass is 16.3. The maximum atomic E-state index is 10.8. The second-order valence-corrected chi connectivity index (χ2v) is 10.3. The summed E-state index contributed by atoms with van der Waals surface area (Å²) in [6, 6.07) is 11.3. The number of piperidine rings is 1. The van der Waals surface area contributed by atoms with Gasteiger partial charge < -0.3 is 16.2 Å². The van der Waals surface area contributed by atoms with Crippen LogP contribution in [0.25, 0.3) is 0 Å². The van der Waals surface area contributed by atoms with Crippen molar-refractivity contribution in [2.24, 2.45) is 23.5 Å². The predicted octanol–water partition coefficient (Wildman–Crippen LogP) is 2.51. The molecule has 3 atom stereocenters. The van der Waals surface area contributed by atoms with Crippen LogP contribution in [-0.4, -0.2) is 46.8 Å². The quantitative estimate of drug-likeness (QED) is 0.746. The van der Waals surface area contributed by atoms with Crippen LogP contribution in [0.15, 0.2) is 30.3 Å². The summed E-state index contributed by atoms with van der Waals surface area (Å²) in [7, 11) is 0. The van der Waals surface area contributed by atoms with Crippen LogP contribution in [0, 0.1) is 17.8 Å². The zero-order chi connectivity index (χ0) is 18.5. The van der Waals surface area contributed by atoms with Crippen molar-refractivity contribution in [3.05, 3.63) is 35.9 Å². The lowest BCUT2D eigenvalue weighted by Crippen LogP contribution is -2.65. The zero-order valence-electron chi connectivity index (χ0n) is 16.4. The Hall–Kier alpha value is -0.940. The SMILES string of the molecule is NC1(CNC2C3CC4CC2CC(O)(C4)C3)CCCN(Cc2ccccc2)C1. The van der Waals surface area contributed by atoms with Gasteiger partial charge in [-0.25, -0.2) is 0 Å². The zero-order valence-corrected chi connectivity index (χ0v) is 16.4. The fraction of sp³-hybridized carbons (Fsp3) is 0.739. The van der Waals surface area contributed by atoms with Gasteiger partial charge in [0.1, 0.15) is 0 Å². The summed E-state index contributed by atoms with van der Waals surface area (Å²) in [4.78, 5) is 2.53. The van der Waals surface area contributed by atoms with E-state index in [1.165, 1.54) is 24.8 Å². The molecule has 6 rings (SSSR count). The van der Waals surface area contributed by atoms with Gasteiger partial charge in [0.2, 0.25) is 0 Å². The van der Waals surface area contributed by atoms with Crippen LogP contribution in [-0.2, 0) is 6.54 Å². The van der Waals surface area contributed by atoms with E-state index in [0.29, 0.717) is 17.9 Å². The molecule has 4 aliphatic carbocycles. The third-order valence-electron chi connectivity index (χ3n) is 7.87. The van der Waals surface area contributed by atoms with Crippen molar-refractivity contribution in [1.82, 2.24) is 10.2 Å². The van der Waals surface area contributed by atoms with Crippen LogP contribution in [0.1, 0.15) is 50.5 Å². The summed E-state index contributed by atoms with van der Waals surface area (Å²) in [5, 5.41) is 14.7. The number of likely N-dealkylation sites (tertiary alicyclic amines) is 1. The van der Waals surface area contributed by atoms with Gasteiger partial charge in [-0.3, -0.25) is 4.90 Å². The molecular weight excluding hydrogens is 334 g/mol. The fourth-order valence-corrected chi connectivity index (χ4v) is 7.01. The average Bonchev–Trinajstić information content (AvgIpc) is 2.60.